The Balaban J connectivity index is 0.00000484. The molecule has 1 aliphatic heterocycles. The minimum atomic E-state index is -0.424. The van der Waals surface area contributed by atoms with Crippen LogP contribution in [0.3, 0.4) is 0 Å². The predicted octanol–water partition coefficient (Wildman–Crippen LogP) is 16.7. The summed E-state index contributed by atoms with van der Waals surface area (Å²) in [6.07, 6.45) is 20.9. The standard InChI is InChI=1S/C60H63N2O.Pt/c1-58(2,3)44-23-25-48(53(63)36-44)57-59(4,5)55-49(41-14-8-6-9-15-41)37-51-46-17-11-10-16-45(46)47-24-22-43(34-50(47)54(51)56(55)62-57)52-35-42(28-33-61-52)39-20-18-38(19-21-39)40-26-31-60(32-27-40)29-12-7-13-30-60;/h10-11,16-25,28,33,35-37,40-41,63H,6-9,12-15,26-27,29-32H2,1-5H3;/q-1;. The van der Waals surface area contributed by atoms with Crippen LogP contribution >= 0.6 is 0 Å². The van der Waals surface area contributed by atoms with E-state index in [2.05, 4.69) is 132 Å². The summed E-state index contributed by atoms with van der Waals surface area (Å²) in [5.74, 6) is 1.46. The van der Waals surface area contributed by atoms with Crippen molar-refractivity contribution in [3.05, 3.63) is 137 Å². The largest absolute Gasteiger partial charge is 0.507 e. The fourth-order valence-corrected chi connectivity index (χ4v) is 12.7. The number of aromatic nitrogens is 1. The van der Waals surface area contributed by atoms with Gasteiger partial charge in [0.1, 0.15) is 5.75 Å². The Morgan fingerprint density at radius 3 is 2.06 bits per heavy atom. The molecule has 1 spiro atoms. The number of aliphatic imine (C=N–C) groups is 1. The maximum absolute atomic E-state index is 11.8. The Morgan fingerprint density at radius 2 is 1.36 bits per heavy atom. The van der Waals surface area contributed by atoms with Gasteiger partial charge in [0.25, 0.3) is 0 Å². The molecule has 64 heavy (non-hydrogen) atoms. The van der Waals surface area contributed by atoms with Crippen molar-refractivity contribution in [3.8, 4) is 28.1 Å². The number of phenols is 1. The summed E-state index contributed by atoms with van der Waals surface area (Å²) in [6.45, 7) is 11.2. The van der Waals surface area contributed by atoms with Crippen molar-refractivity contribution in [2.24, 2.45) is 10.4 Å². The van der Waals surface area contributed by atoms with Gasteiger partial charge in [0, 0.05) is 49.6 Å². The molecule has 3 saturated carbocycles. The second-order valence-corrected chi connectivity index (χ2v) is 21.6. The van der Waals surface area contributed by atoms with Crippen LogP contribution in [0, 0.1) is 11.5 Å². The van der Waals surface area contributed by atoms with E-state index >= 15 is 0 Å². The third kappa shape index (κ3) is 7.47. The van der Waals surface area contributed by atoms with Gasteiger partial charge in [-0.3, -0.25) is 9.98 Å². The van der Waals surface area contributed by atoms with Crippen molar-refractivity contribution >= 4 is 43.7 Å². The number of hydrogen-bond acceptors (Lipinski definition) is 3. The van der Waals surface area contributed by atoms with Crippen molar-refractivity contribution < 1.29 is 26.2 Å². The molecule has 3 aliphatic carbocycles. The van der Waals surface area contributed by atoms with Crippen LogP contribution in [0.2, 0.25) is 0 Å². The minimum Gasteiger partial charge on any atom is -0.507 e. The zero-order valence-electron chi connectivity index (χ0n) is 38.5. The molecule has 0 atom stereocenters. The van der Waals surface area contributed by atoms with Crippen molar-refractivity contribution in [1.29, 1.82) is 0 Å². The van der Waals surface area contributed by atoms with Gasteiger partial charge in [-0.25, -0.2) is 0 Å². The third-order valence-corrected chi connectivity index (χ3v) is 16.4. The number of benzene rings is 6. The number of fused-ring (bicyclic) bond motifs is 8. The van der Waals surface area contributed by atoms with Crippen LogP contribution in [0.1, 0.15) is 164 Å². The van der Waals surface area contributed by atoms with E-state index in [1.165, 1.54) is 139 Å². The first kappa shape index (κ1) is 43.3. The van der Waals surface area contributed by atoms with Gasteiger partial charge in [0.15, 0.2) is 0 Å². The summed E-state index contributed by atoms with van der Waals surface area (Å²) in [6, 6.07) is 40.1. The van der Waals surface area contributed by atoms with Crippen molar-refractivity contribution in [1.82, 2.24) is 4.98 Å². The molecule has 2 heterocycles. The summed E-state index contributed by atoms with van der Waals surface area (Å²) < 4.78 is 0. The van der Waals surface area contributed by atoms with E-state index in [1.807, 2.05) is 12.3 Å². The van der Waals surface area contributed by atoms with Crippen LogP contribution in [0.15, 0.2) is 108 Å². The van der Waals surface area contributed by atoms with Gasteiger partial charge >= 0.3 is 0 Å². The first-order chi connectivity index (χ1) is 30.5. The molecule has 11 rings (SSSR count). The van der Waals surface area contributed by atoms with Crippen LogP contribution in [-0.2, 0) is 31.9 Å². The average Bonchev–Trinajstić information content (AvgIpc) is 3.59. The maximum Gasteiger partial charge on any atom is 0.124 e. The quantitative estimate of drug-likeness (QED) is 0.138. The normalized spacial score (nSPS) is 18.9. The molecular weight excluding hydrogens is 960 g/mol. The number of phenolic OH excluding ortho intramolecular Hbond substituents is 1. The van der Waals surface area contributed by atoms with E-state index in [9.17, 15) is 5.11 Å². The Labute approximate surface area is 395 Å². The summed E-state index contributed by atoms with van der Waals surface area (Å²) in [5.41, 5.74) is 12.7. The second kappa shape index (κ2) is 16.7. The number of aromatic hydroxyl groups is 1. The first-order valence-electron chi connectivity index (χ1n) is 24.4. The summed E-state index contributed by atoms with van der Waals surface area (Å²) in [4.78, 5) is 10.7. The van der Waals surface area contributed by atoms with E-state index < -0.39 is 5.41 Å². The Kier molecular flexibility index (Phi) is 11.3. The van der Waals surface area contributed by atoms with Gasteiger partial charge < -0.3 is 5.11 Å². The molecule has 0 saturated heterocycles. The predicted molar refractivity (Wildman–Crippen MR) is 265 cm³/mol. The van der Waals surface area contributed by atoms with Gasteiger partial charge in [-0.15, -0.1) is 23.6 Å². The van der Waals surface area contributed by atoms with Crippen molar-refractivity contribution in [2.75, 3.05) is 0 Å². The molecule has 0 radical (unpaired) electrons. The summed E-state index contributed by atoms with van der Waals surface area (Å²) in [7, 11) is 0. The topological polar surface area (TPSA) is 45.5 Å². The fourth-order valence-electron chi connectivity index (χ4n) is 12.7. The number of nitrogens with zero attached hydrogens (tertiary/aromatic N) is 2. The van der Waals surface area contributed by atoms with Crippen LogP contribution in [0.25, 0.3) is 54.7 Å². The van der Waals surface area contributed by atoms with Gasteiger partial charge in [-0.2, -0.15) is 0 Å². The molecule has 3 fully saturated rings. The maximum atomic E-state index is 11.8. The van der Waals surface area contributed by atoms with E-state index in [1.54, 1.807) is 0 Å². The van der Waals surface area contributed by atoms with Gasteiger partial charge in [0.2, 0.25) is 0 Å². The minimum absolute atomic E-state index is 0. The van der Waals surface area contributed by atoms with E-state index in [0.717, 1.165) is 44.6 Å². The smallest absolute Gasteiger partial charge is 0.124 e. The molecule has 4 heteroatoms. The summed E-state index contributed by atoms with van der Waals surface area (Å²) >= 11 is 0. The number of pyridine rings is 1. The van der Waals surface area contributed by atoms with Crippen LogP contribution < -0.4 is 0 Å². The zero-order chi connectivity index (χ0) is 43.1. The number of rotatable bonds is 5. The van der Waals surface area contributed by atoms with Crippen LogP contribution in [0.4, 0.5) is 5.69 Å². The molecule has 6 aromatic carbocycles. The van der Waals surface area contributed by atoms with Crippen LogP contribution in [0.5, 0.6) is 5.75 Å². The van der Waals surface area contributed by atoms with Crippen molar-refractivity contribution in [2.45, 2.75) is 147 Å². The van der Waals surface area contributed by atoms with Crippen molar-refractivity contribution in [3.63, 3.8) is 0 Å². The van der Waals surface area contributed by atoms with E-state index in [4.69, 9.17) is 9.98 Å². The molecule has 4 aliphatic rings. The molecule has 330 valence electrons. The third-order valence-electron chi connectivity index (χ3n) is 16.4. The molecule has 7 aromatic rings. The monoisotopic (exact) mass is 1020 g/mol. The average molecular weight is 1020 g/mol. The van der Waals surface area contributed by atoms with E-state index in [-0.39, 0.29) is 26.5 Å². The molecule has 0 bridgehead atoms. The first-order valence-corrected chi connectivity index (χ1v) is 24.4. The Bertz CT molecular complexity index is 2930. The SMILES string of the molecule is CC(C)(C)c1ccc(C2=Nc3c(c(C4CCCCC4)cc4c5ccccc5c5ccc(-c6cc(-c7ccc(C8CCC9(CCCCC9)CC8)cc7)ccn6)[c-]c5c34)C2(C)C)c(O)c1.[Pt]. The molecule has 1 aromatic heterocycles. The Morgan fingerprint density at radius 1 is 0.656 bits per heavy atom. The van der Waals surface area contributed by atoms with E-state index in [0.29, 0.717) is 23.0 Å². The number of hydrogen-bond donors (Lipinski definition) is 1. The molecule has 0 unspecified atom stereocenters. The zero-order valence-corrected chi connectivity index (χ0v) is 40.8. The second-order valence-electron chi connectivity index (χ2n) is 21.6. The fraction of sp³-hybridized carbons (Fsp3) is 0.400. The molecular formula is C60H63N2OPt-. The van der Waals surface area contributed by atoms with Gasteiger partial charge in [-0.05, 0) is 147 Å². The molecule has 3 nitrogen and oxygen atoms in total. The molecule has 0 amide bonds. The summed E-state index contributed by atoms with van der Waals surface area (Å²) in [5, 5.41) is 18.9. The van der Waals surface area contributed by atoms with Gasteiger partial charge in [-0.1, -0.05) is 151 Å². The van der Waals surface area contributed by atoms with Gasteiger partial charge in [0.05, 0.1) is 5.71 Å². The molecule has 1 N–H and O–H groups in total. The van der Waals surface area contributed by atoms with Crippen LogP contribution in [-0.4, -0.2) is 15.8 Å². The Hall–Kier alpha value is -4.59.